The number of ether oxygens (including phenoxy) is 5. The molecule has 2 aliphatic rings. The number of dihydropyridines is 2. The van der Waals surface area contributed by atoms with E-state index in [4.69, 9.17) is 46.9 Å². The third-order valence-electron chi connectivity index (χ3n) is 8.92. The fourth-order valence-electron chi connectivity index (χ4n) is 6.38. The van der Waals surface area contributed by atoms with E-state index in [9.17, 15) is 34.1 Å². The van der Waals surface area contributed by atoms with E-state index in [2.05, 4.69) is 10.6 Å². The van der Waals surface area contributed by atoms with Crippen LogP contribution in [-0.4, -0.2) is 62.4 Å². The first-order valence-corrected chi connectivity index (χ1v) is 18.9. The van der Waals surface area contributed by atoms with Crippen LogP contribution in [0.4, 0.5) is 5.69 Å². The number of nitro benzene ring substituents is 1. The lowest BCUT2D eigenvalue weighted by atomic mass is 9.79. The molecule has 0 aromatic heterocycles. The molecule has 2 aliphatic heterocycles. The summed E-state index contributed by atoms with van der Waals surface area (Å²) in [6.45, 7) is 12.0. The van der Waals surface area contributed by atoms with Crippen LogP contribution in [0.2, 0.25) is 10.0 Å². The molecule has 0 radical (unpaired) electrons. The summed E-state index contributed by atoms with van der Waals surface area (Å²) in [6.07, 6.45) is 0.832. The van der Waals surface area contributed by atoms with E-state index in [1.807, 2.05) is 20.8 Å². The summed E-state index contributed by atoms with van der Waals surface area (Å²) in [5.41, 5.74) is 3.01. The molecule has 0 aliphatic carbocycles. The van der Waals surface area contributed by atoms with Crippen LogP contribution >= 0.6 is 23.2 Å². The normalized spacial score (nSPS) is 16.4. The van der Waals surface area contributed by atoms with Crippen molar-refractivity contribution in [3.8, 4) is 0 Å². The van der Waals surface area contributed by atoms with Gasteiger partial charge in [0.2, 0.25) is 6.79 Å². The van der Waals surface area contributed by atoms with E-state index in [1.54, 1.807) is 52.0 Å². The Bertz CT molecular complexity index is 2090. The quantitative estimate of drug-likeness (QED) is 0.0663. The van der Waals surface area contributed by atoms with Crippen LogP contribution in [0.3, 0.4) is 0 Å². The first-order valence-electron chi connectivity index (χ1n) is 18.1. The Hall–Kier alpha value is -5.67. The second kappa shape index (κ2) is 21.2. The van der Waals surface area contributed by atoms with Crippen molar-refractivity contribution in [1.82, 2.24) is 10.6 Å². The fourth-order valence-corrected chi connectivity index (χ4v) is 6.79. The summed E-state index contributed by atoms with van der Waals surface area (Å²) in [4.78, 5) is 73.5. The lowest BCUT2D eigenvalue weighted by Crippen LogP contribution is -2.32. The minimum atomic E-state index is -0.977. The summed E-state index contributed by atoms with van der Waals surface area (Å²) in [6, 6.07) is 11.0. The highest BCUT2D eigenvalue weighted by Gasteiger charge is 2.41. The molecule has 0 saturated carbocycles. The lowest BCUT2D eigenvalue weighted by molar-refractivity contribution is -0.385. The van der Waals surface area contributed by atoms with Crippen molar-refractivity contribution in [3.05, 3.63) is 119 Å². The average Bonchev–Trinajstić information content (AvgIpc) is 3.17. The predicted octanol–water partition coefficient (Wildman–Crippen LogP) is 7.45. The van der Waals surface area contributed by atoms with Gasteiger partial charge < -0.3 is 34.3 Å². The topological polar surface area (TPSA) is 199 Å². The lowest BCUT2D eigenvalue weighted by Gasteiger charge is -2.30. The number of carbonyl (C=O) groups excluding carboxylic acids is 5. The monoisotopic (exact) mass is 843 g/mol. The molecular weight excluding hydrogens is 797 g/mol. The number of carbonyl (C=O) groups is 5. The van der Waals surface area contributed by atoms with Crippen molar-refractivity contribution >= 4 is 58.7 Å². The van der Waals surface area contributed by atoms with Crippen LogP contribution in [0.1, 0.15) is 84.3 Å². The van der Waals surface area contributed by atoms with E-state index in [1.165, 1.54) is 32.4 Å². The van der Waals surface area contributed by atoms with Crippen molar-refractivity contribution in [1.29, 1.82) is 0 Å². The number of rotatable bonds is 13. The standard InChI is InChI=1S/C21H23Cl2NO6.C20H24N2O6/c1-5-7-15(25)29-10-30-21(27)17-12(3)24-11(2)16(20(26)28-4)18(17)13-8-6-9-14(22)19(13)23;1-11(2)10-28-20(24)17-13(4)21-12(3)16(19(23)27-5)18(17)14-8-6-7-9-15(14)22(25)26/h6,8-9,18,24H,5,7,10H2,1-4H3;6-9,11,18,21H,10H2,1-5H3. The molecule has 0 saturated heterocycles. The third-order valence-corrected chi connectivity index (χ3v) is 9.75. The Morgan fingerprint density at radius 2 is 1.17 bits per heavy atom. The summed E-state index contributed by atoms with van der Waals surface area (Å²) in [7, 11) is 2.47. The highest BCUT2D eigenvalue weighted by Crippen LogP contribution is 2.44. The molecule has 2 aromatic rings. The van der Waals surface area contributed by atoms with Crippen LogP contribution in [0, 0.1) is 16.0 Å². The number of hydrogen-bond donors (Lipinski definition) is 2. The Morgan fingerprint density at radius 1 is 0.707 bits per heavy atom. The number of para-hydroxylation sites is 1. The molecular formula is C41H47Cl2N3O12. The maximum Gasteiger partial charge on any atom is 0.339 e. The number of benzene rings is 2. The summed E-state index contributed by atoms with van der Waals surface area (Å²) in [5, 5.41) is 18.1. The number of methoxy groups -OCH3 is 2. The van der Waals surface area contributed by atoms with Crippen LogP contribution < -0.4 is 10.6 Å². The fraction of sp³-hybridized carbons (Fsp3) is 0.390. The van der Waals surface area contributed by atoms with Gasteiger partial charge in [-0.15, -0.1) is 0 Å². The molecule has 2 N–H and O–H groups in total. The minimum absolute atomic E-state index is 0.114. The van der Waals surface area contributed by atoms with Gasteiger partial charge in [0.05, 0.1) is 69.9 Å². The number of nitrogens with zero attached hydrogens (tertiary/aromatic N) is 1. The van der Waals surface area contributed by atoms with E-state index < -0.39 is 53.4 Å². The van der Waals surface area contributed by atoms with Gasteiger partial charge in [-0.2, -0.15) is 0 Å². The van der Waals surface area contributed by atoms with Gasteiger partial charge in [0.15, 0.2) is 0 Å². The summed E-state index contributed by atoms with van der Waals surface area (Å²) < 4.78 is 25.3. The molecule has 0 fully saturated rings. The van der Waals surface area contributed by atoms with Gasteiger partial charge in [-0.3, -0.25) is 14.9 Å². The number of esters is 5. The zero-order valence-corrected chi connectivity index (χ0v) is 35.2. The van der Waals surface area contributed by atoms with Crippen molar-refractivity contribution in [2.75, 3.05) is 27.6 Å². The molecule has 2 heterocycles. The highest BCUT2D eigenvalue weighted by atomic mass is 35.5. The first-order chi connectivity index (χ1) is 27.4. The van der Waals surface area contributed by atoms with Crippen molar-refractivity contribution in [2.45, 2.75) is 73.1 Å². The second-order valence-electron chi connectivity index (χ2n) is 13.5. The molecule has 2 unspecified atom stereocenters. The molecule has 0 spiro atoms. The minimum Gasteiger partial charge on any atom is -0.466 e. The first kappa shape index (κ1) is 46.7. The molecule has 15 nitrogen and oxygen atoms in total. The number of nitrogens with one attached hydrogen (secondary N) is 2. The Labute approximate surface area is 346 Å². The molecule has 2 atom stereocenters. The van der Waals surface area contributed by atoms with Gasteiger partial charge in [0, 0.05) is 40.8 Å². The molecule has 58 heavy (non-hydrogen) atoms. The van der Waals surface area contributed by atoms with Crippen LogP contribution in [0.5, 0.6) is 0 Å². The van der Waals surface area contributed by atoms with Crippen LogP contribution in [-0.2, 0) is 47.7 Å². The number of allylic oxidation sites excluding steroid dienone is 4. The largest absolute Gasteiger partial charge is 0.466 e. The van der Waals surface area contributed by atoms with Crippen molar-refractivity contribution in [2.24, 2.45) is 5.92 Å². The third kappa shape index (κ3) is 11.0. The second-order valence-corrected chi connectivity index (χ2v) is 14.3. The van der Waals surface area contributed by atoms with Gasteiger partial charge in [-0.1, -0.05) is 74.3 Å². The van der Waals surface area contributed by atoms with Gasteiger partial charge in [-0.05, 0) is 51.7 Å². The van der Waals surface area contributed by atoms with Gasteiger partial charge in [0.1, 0.15) is 0 Å². The maximum atomic E-state index is 12.9. The SMILES string of the molecule is CCCC(=O)OCOC(=O)C1=C(C)NC(C)=C(C(=O)OC)C1c1cccc(Cl)c1Cl.COC(=O)C1=C(C)NC(C)=C(C(=O)OCC(C)C)C1c1ccccc1[N+](=O)[O-]. The number of nitro groups is 1. The average molecular weight is 845 g/mol. The molecule has 17 heteroatoms. The summed E-state index contributed by atoms with van der Waals surface area (Å²) in [5.74, 6) is -4.92. The van der Waals surface area contributed by atoms with E-state index >= 15 is 0 Å². The zero-order chi connectivity index (χ0) is 43.4. The smallest absolute Gasteiger partial charge is 0.339 e. The molecule has 2 aromatic carbocycles. The van der Waals surface area contributed by atoms with E-state index in [0.29, 0.717) is 34.8 Å². The van der Waals surface area contributed by atoms with E-state index in [0.717, 1.165) is 0 Å². The van der Waals surface area contributed by atoms with E-state index in [-0.39, 0.29) is 62.5 Å². The molecule has 4 rings (SSSR count). The molecule has 0 amide bonds. The Morgan fingerprint density at radius 3 is 1.66 bits per heavy atom. The van der Waals surface area contributed by atoms with Crippen LogP contribution in [0.15, 0.2) is 87.5 Å². The van der Waals surface area contributed by atoms with Crippen LogP contribution in [0.25, 0.3) is 0 Å². The number of halogens is 2. The van der Waals surface area contributed by atoms with Gasteiger partial charge >= 0.3 is 29.8 Å². The maximum absolute atomic E-state index is 12.9. The molecule has 0 bridgehead atoms. The Kier molecular flexibility index (Phi) is 17.1. The highest BCUT2D eigenvalue weighted by molar-refractivity contribution is 6.42. The number of hydrogen-bond acceptors (Lipinski definition) is 14. The Balaban J connectivity index is 0.000000311. The predicted molar refractivity (Wildman–Crippen MR) is 214 cm³/mol. The van der Waals surface area contributed by atoms with Gasteiger partial charge in [-0.25, -0.2) is 19.2 Å². The summed E-state index contributed by atoms with van der Waals surface area (Å²) >= 11 is 12.6. The van der Waals surface area contributed by atoms with Crippen molar-refractivity contribution < 1.29 is 52.6 Å². The molecule has 312 valence electrons. The van der Waals surface area contributed by atoms with Gasteiger partial charge in [0.25, 0.3) is 5.69 Å². The zero-order valence-electron chi connectivity index (χ0n) is 33.7. The van der Waals surface area contributed by atoms with Crippen molar-refractivity contribution in [3.63, 3.8) is 0 Å².